The molecule has 2 amide bonds. The third-order valence-electron chi connectivity index (χ3n) is 2.89. The zero-order valence-corrected chi connectivity index (χ0v) is 12.2. The molecule has 6 heteroatoms. The number of carboxylic acid groups (broad SMARTS) is 1. The topological polar surface area (TPSA) is 78.4 Å². The smallest absolute Gasteiger partial charge is 0.326 e. The minimum Gasteiger partial charge on any atom is -0.480 e. The van der Waals surface area contributed by atoms with E-state index in [9.17, 15) is 9.59 Å². The van der Waals surface area contributed by atoms with E-state index >= 15 is 0 Å². The molecular formula is C13H20N2O3S. The number of carbonyl (C=O) groups is 2. The van der Waals surface area contributed by atoms with Crippen LogP contribution >= 0.6 is 11.3 Å². The van der Waals surface area contributed by atoms with Crippen LogP contribution in [0, 0.1) is 0 Å². The Kier molecular flexibility index (Phi) is 5.35. The maximum absolute atomic E-state index is 11.7. The van der Waals surface area contributed by atoms with Gasteiger partial charge in [0.15, 0.2) is 0 Å². The van der Waals surface area contributed by atoms with E-state index in [0.29, 0.717) is 13.0 Å². The zero-order valence-electron chi connectivity index (χ0n) is 11.4. The minimum absolute atomic E-state index is 0.170. The highest BCUT2D eigenvalue weighted by atomic mass is 32.1. The van der Waals surface area contributed by atoms with Gasteiger partial charge in [0.25, 0.3) is 0 Å². The molecule has 1 rings (SSSR count). The second kappa shape index (κ2) is 6.56. The highest BCUT2D eigenvalue weighted by Gasteiger charge is 2.23. The Morgan fingerprint density at radius 3 is 2.63 bits per heavy atom. The molecule has 1 aromatic heterocycles. The normalized spacial score (nSPS) is 12.8. The SMILES string of the molecule is CC[C@@H](NC(=O)NCC(C)(C)c1cccs1)C(=O)O. The molecule has 0 aromatic carbocycles. The van der Waals surface area contributed by atoms with Gasteiger partial charge >= 0.3 is 12.0 Å². The van der Waals surface area contributed by atoms with Crippen molar-refractivity contribution in [1.29, 1.82) is 0 Å². The van der Waals surface area contributed by atoms with Crippen LogP contribution in [0.15, 0.2) is 17.5 Å². The van der Waals surface area contributed by atoms with Gasteiger partial charge in [-0.05, 0) is 17.9 Å². The Labute approximate surface area is 117 Å². The molecular weight excluding hydrogens is 264 g/mol. The van der Waals surface area contributed by atoms with Gasteiger partial charge in [-0.3, -0.25) is 0 Å². The number of carboxylic acids is 1. The molecule has 0 fully saturated rings. The summed E-state index contributed by atoms with van der Waals surface area (Å²) in [4.78, 5) is 23.6. The molecule has 0 aliphatic rings. The maximum atomic E-state index is 11.7. The number of aliphatic carboxylic acids is 1. The molecule has 106 valence electrons. The van der Waals surface area contributed by atoms with Crippen LogP contribution < -0.4 is 10.6 Å². The van der Waals surface area contributed by atoms with Crippen LogP contribution in [0.5, 0.6) is 0 Å². The fourth-order valence-electron chi connectivity index (χ4n) is 1.60. The van der Waals surface area contributed by atoms with E-state index in [2.05, 4.69) is 10.6 Å². The molecule has 0 bridgehead atoms. The van der Waals surface area contributed by atoms with Gasteiger partial charge in [0.05, 0.1) is 0 Å². The first-order chi connectivity index (χ1) is 8.86. The molecule has 1 atom stereocenters. The Morgan fingerprint density at radius 2 is 2.16 bits per heavy atom. The molecule has 0 saturated heterocycles. The fraction of sp³-hybridized carbons (Fsp3) is 0.538. The van der Waals surface area contributed by atoms with Crippen LogP contribution in [-0.2, 0) is 10.2 Å². The van der Waals surface area contributed by atoms with Crippen molar-refractivity contribution in [2.75, 3.05) is 6.54 Å². The lowest BCUT2D eigenvalue weighted by molar-refractivity contribution is -0.139. The Bertz CT molecular complexity index is 429. The summed E-state index contributed by atoms with van der Waals surface area (Å²) >= 11 is 1.64. The largest absolute Gasteiger partial charge is 0.480 e. The summed E-state index contributed by atoms with van der Waals surface area (Å²) in [5.41, 5.74) is -0.170. The van der Waals surface area contributed by atoms with Gasteiger partial charge in [-0.15, -0.1) is 11.3 Å². The number of hydrogen-bond donors (Lipinski definition) is 3. The first-order valence-electron chi connectivity index (χ1n) is 6.18. The van der Waals surface area contributed by atoms with Crippen LogP contribution in [0.4, 0.5) is 4.79 Å². The van der Waals surface area contributed by atoms with Gasteiger partial charge in [-0.25, -0.2) is 9.59 Å². The minimum atomic E-state index is -1.02. The van der Waals surface area contributed by atoms with Crippen molar-refractivity contribution in [2.45, 2.75) is 38.6 Å². The lowest BCUT2D eigenvalue weighted by Gasteiger charge is -2.24. The van der Waals surface area contributed by atoms with Crippen molar-refractivity contribution >= 4 is 23.3 Å². The van der Waals surface area contributed by atoms with Gasteiger partial charge in [0.1, 0.15) is 6.04 Å². The van der Waals surface area contributed by atoms with Crippen molar-refractivity contribution in [3.63, 3.8) is 0 Å². The summed E-state index contributed by atoms with van der Waals surface area (Å²) in [7, 11) is 0. The maximum Gasteiger partial charge on any atom is 0.326 e. The van der Waals surface area contributed by atoms with E-state index in [-0.39, 0.29) is 5.41 Å². The quantitative estimate of drug-likeness (QED) is 0.749. The lowest BCUT2D eigenvalue weighted by Crippen LogP contribution is -2.48. The lowest BCUT2D eigenvalue weighted by atomic mass is 9.91. The zero-order chi connectivity index (χ0) is 14.5. The number of hydrogen-bond acceptors (Lipinski definition) is 3. The molecule has 0 aliphatic carbocycles. The Hall–Kier alpha value is -1.56. The van der Waals surface area contributed by atoms with Crippen LogP contribution in [0.3, 0.4) is 0 Å². The fourth-order valence-corrected chi connectivity index (χ4v) is 2.45. The van der Waals surface area contributed by atoms with Crippen molar-refractivity contribution in [2.24, 2.45) is 0 Å². The van der Waals surface area contributed by atoms with Crippen LogP contribution in [0.25, 0.3) is 0 Å². The Morgan fingerprint density at radius 1 is 1.47 bits per heavy atom. The summed E-state index contributed by atoms with van der Waals surface area (Å²) in [6, 6.07) is 2.71. The second-order valence-electron chi connectivity index (χ2n) is 4.99. The Balaban J connectivity index is 2.48. The van der Waals surface area contributed by atoms with Crippen molar-refractivity contribution in [3.8, 4) is 0 Å². The number of nitrogens with one attached hydrogen (secondary N) is 2. The van der Waals surface area contributed by atoms with Crippen LogP contribution in [0.2, 0.25) is 0 Å². The third kappa shape index (κ3) is 4.55. The van der Waals surface area contributed by atoms with Gasteiger partial charge in [0.2, 0.25) is 0 Å². The van der Waals surface area contributed by atoms with Gasteiger partial charge in [-0.1, -0.05) is 26.8 Å². The molecule has 1 aromatic rings. The van der Waals surface area contributed by atoms with E-state index in [1.54, 1.807) is 18.3 Å². The van der Waals surface area contributed by atoms with E-state index in [1.807, 2.05) is 31.4 Å². The number of amides is 2. The summed E-state index contributed by atoms with van der Waals surface area (Å²) in [6.45, 7) is 6.24. The third-order valence-corrected chi connectivity index (χ3v) is 4.13. The number of rotatable bonds is 6. The molecule has 0 saturated carbocycles. The number of urea groups is 1. The second-order valence-corrected chi connectivity index (χ2v) is 5.93. The van der Waals surface area contributed by atoms with Crippen molar-refractivity contribution < 1.29 is 14.7 Å². The molecule has 0 aliphatic heterocycles. The number of carbonyl (C=O) groups excluding carboxylic acids is 1. The molecule has 5 nitrogen and oxygen atoms in total. The van der Waals surface area contributed by atoms with Gasteiger partial charge < -0.3 is 15.7 Å². The predicted octanol–water partition coefficient (Wildman–Crippen LogP) is 2.19. The average Bonchev–Trinajstić information content (AvgIpc) is 2.87. The molecule has 0 radical (unpaired) electrons. The van der Waals surface area contributed by atoms with Gasteiger partial charge in [0, 0.05) is 16.8 Å². The van der Waals surface area contributed by atoms with Crippen LogP contribution in [0.1, 0.15) is 32.1 Å². The first-order valence-corrected chi connectivity index (χ1v) is 7.06. The molecule has 0 spiro atoms. The van der Waals surface area contributed by atoms with Crippen molar-refractivity contribution in [1.82, 2.24) is 10.6 Å². The highest BCUT2D eigenvalue weighted by Crippen LogP contribution is 2.26. The molecule has 19 heavy (non-hydrogen) atoms. The van der Waals surface area contributed by atoms with E-state index in [0.717, 1.165) is 0 Å². The number of thiophene rings is 1. The highest BCUT2D eigenvalue weighted by molar-refractivity contribution is 7.10. The summed E-state index contributed by atoms with van der Waals surface area (Å²) in [6.07, 6.45) is 0.358. The van der Waals surface area contributed by atoms with E-state index < -0.39 is 18.0 Å². The van der Waals surface area contributed by atoms with Crippen LogP contribution in [-0.4, -0.2) is 29.7 Å². The summed E-state index contributed by atoms with van der Waals surface area (Å²) in [5.74, 6) is -1.02. The monoisotopic (exact) mass is 284 g/mol. The standard InChI is InChI=1S/C13H20N2O3S/c1-4-9(11(16)17)15-12(18)14-8-13(2,3)10-6-5-7-19-10/h5-7,9H,4,8H2,1-3H3,(H,16,17)(H2,14,15,18)/t9-/m1/s1. The summed E-state index contributed by atoms with van der Waals surface area (Å²) < 4.78 is 0. The van der Waals surface area contributed by atoms with Crippen molar-refractivity contribution in [3.05, 3.63) is 22.4 Å². The first kappa shape index (κ1) is 15.5. The predicted molar refractivity (Wildman–Crippen MR) is 75.6 cm³/mol. The van der Waals surface area contributed by atoms with E-state index in [1.165, 1.54) is 4.88 Å². The van der Waals surface area contributed by atoms with E-state index in [4.69, 9.17) is 5.11 Å². The molecule has 1 heterocycles. The molecule has 3 N–H and O–H groups in total. The summed E-state index contributed by atoms with van der Waals surface area (Å²) in [5, 5.41) is 16.0. The van der Waals surface area contributed by atoms with Gasteiger partial charge in [-0.2, -0.15) is 0 Å². The average molecular weight is 284 g/mol. The molecule has 0 unspecified atom stereocenters.